The molecule has 0 saturated carbocycles. The number of rotatable bonds is 2. The molecule has 6 heteroatoms. The van der Waals surface area contributed by atoms with Crippen molar-refractivity contribution in [2.45, 2.75) is 12.1 Å². The normalized spacial score (nSPS) is 13.8. The third-order valence-electron chi connectivity index (χ3n) is 0.937. The molecule has 0 radical (unpaired) electrons. The molecule has 0 atom stereocenters. The van der Waals surface area contributed by atoms with E-state index in [-0.39, 0.29) is 6.08 Å². The summed E-state index contributed by atoms with van der Waals surface area (Å²) in [5, 5.41) is 0. The fourth-order valence-electron chi connectivity index (χ4n) is 0.394. The molecule has 0 aromatic rings. The minimum Gasteiger partial charge on any atom is -0.206 e. The number of allylic oxidation sites excluding steroid dienone is 3. The van der Waals surface area contributed by atoms with E-state index < -0.39 is 24.0 Å². The largest absolute Gasteiger partial charge is 0.457 e. The van der Waals surface area contributed by atoms with Gasteiger partial charge in [0.05, 0.1) is 0 Å². The molecule has 0 bridgehead atoms. The van der Waals surface area contributed by atoms with Gasteiger partial charge in [-0.2, -0.15) is 22.0 Å². The molecule has 0 fully saturated rings. The highest BCUT2D eigenvalue weighted by atomic mass is 19.4. The van der Waals surface area contributed by atoms with Gasteiger partial charge in [0.25, 0.3) is 0 Å². The van der Waals surface area contributed by atoms with Gasteiger partial charge in [-0.25, -0.2) is 4.39 Å². The van der Waals surface area contributed by atoms with E-state index in [1.165, 1.54) is 0 Å². The van der Waals surface area contributed by atoms with Gasteiger partial charge in [-0.05, 0) is 0 Å². The van der Waals surface area contributed by atoms with E-state index in [0.717, 1.165) is 0 Å². The van der Waals surface area contributed by atoms with Crippen molar-refractivity contribution in [3.8, 4) is 0 Å². The molecule has 0 amide bonds. The molecule has 0 aromatic heterocycles. The summed E-state index contributed by atoms with van der Waals surface area (Å²) in [5.41, 5.74) is 1.72. The van der Waals surface area contributed by atoms with E-state index in [1.807, 2.05) is 0 Å². The molecule has 74 valence electrons. The van der Waals surface area contributed by atoms with Gasteiger partial charge in [0.15, 0.2) is 0 Å². The van der Waals surface area contributed by atoms with Crippen molar-refractivity contribution in [1.29, 1.82) is 0 Å². The smallest absolute Gasteiger partial charge is 0.206 e. The minimum atomic E-state index is -5.79. The highest BCUT2D eigenvalue weighted by Gasteiger charge is 2.56. The molecule has 0 unspecified atom stereocenters. The number of alkyl halides is 5. The molecule has 0 aliphatic rings. The molecule has 0 saturated heterocycles. The van der Waals surface area contributed by atoms with Crippen LogP contribution in [0.4, 0.5) is 26.3 Å². The average Bonchev–Trinajstić information content (AvgIpc) is 1.83. The topological polar surface area (TPSA) is 0 Å². The fourth-order valence-corrected chi connectivity index (χ4v) is 0.394. The van der Waals surface area contributed by atoms with Crippen molar-refractivity contribution in [2.75, 3.05) is 0 Å². The summed E-state index contributed by atoms with van der Waals surface area (Å²) in [6.45, 7) is 2.81. The lowest BCUT2D eigenvalue weighted by molar-refractivity contribution is -0.259. The summed E-state index contributed by atoms with van der Waals surface area (Å²) in [6.07, 6.45) is -6.36. The Kier molecular flexibility index (Phi) is 3.37. The highest BCUT2D eigenvalue weighted by Crippen LogP contribution is 2.37. The second-order valence-electron chi connectivity index (χ2n) is 2.00. The van der Waals surface area contributed by atoms with E-state index in [4.69, 9.17) is 0 Å². The third kappa shape index (κ3) is 3.38. The Morgan fingerprint density at radius 3 is 1.92 bits per heavy atom. The predicted molar refractivity (Wildman–Crippen MR) is 33.9 cm³/mol. The van der Waals surface area contributed by atoms with Crippen molar-refractivity contribution in [3.05, 3.63) is 30.3 Å². The minimum absolute atomic E-state index is 0.277. The van der Waals surface area contributed by atoms with Gasteiger partial charge in [0.1, 0.15) is 5.83 Å². The number of halogens is 6. The predicted octanol–water partition coefficient (Wildman–Crippen LogP) is 3.38. The van der Waals surface area contributed by atoms with Crippen LogP contribution in [0.5, 0.6) is 0 Å². The quantitative estimate of drug-likeness (QED) is 0.365. The van der Waals surface area contributed by atoms with Crippen LogP contribution in [0.2, 0.25) is 0 Å². The lowest BCUT2D eigenvalue weighted by atomic mass is 10.3. The van der Waals surface area contributed by atoms with Gasteiger partial charge in [-0.15, -0.1) is 5.73 Å². The van der Waals surface area contributed by atoms with E-state index in [2.05, 4.69) is 6.58 Å². The average molecular weight is 202 g/mol. The first-order valence-corrected chi connectivity index (χ1v) is 2.89. The van der Waals surface area contributed by atoms with Crippen LogP contribution >= 0.6 is 0 Å². The van der Waals surface area contributed by atoms with Crippen LogP contribution < -0.4 is 0 Å². The zero-order valence-electron chi connectivity index (χ0n) is 6.13. The van der Waals surface area contributed by atoms with Crippen LogP contribution in [-0.2, 0) is 0 Å². The Balaban J connectivity index is 4.88. The van der Waals surface area contributed by atoms with Crippen LogP contribution in [0.1, 0.15) is 0 Å². The van der Waals surface area contributed by atoms with Crippen LogP contribution in [0.25, 0.3) is 0 Å². The maximum atomic E-state index is 12.2. The molecule has 0 aliphatic carbocycles. The van der Waals surface area contributed by atoms with Crippen LogP contribution in [0.15, 0.2) is 30.3 Å². The Hall–Kier alpha value is -1.16. The SMILES string of the molecule is C=C=CC(F)=CC(F)(F)C(F)(F)F. The molecular weight excluding hydrogens is 198 g/mol. The number of hydrogen-bond acceptors (Lipinski definition) is 0. The monoisotopic (exact) mass is 202 g/mol. The van der Waals surface area contributed by atoms with Crippen molar-refractivity contribution < 1.29 is 26.3 Å². The van der Waals surface area contributed by atoms with Crippen LogP contribution in [0, 0.1) is 0 Å². The zero-order chi connectivity index (χ0) is 10.7. The van der Waals surface area contributed by atoms with Gasteiger partial charge in [-0.1, -0.05) is 6.58 Å². The maximum absolute atomic E-state index is 12.2. The molecule has 0 spiro atoms. The Bertz CT molecular complexity index is 253. The second-order valence-corrected chi connectivity index (χ2v) is 2.00. The van der Waals surface area contributed by atoms with Crippen molar-refractivity contribution in [2.24, 2.45) is 0 Å². The summed E-state index contributed by atoms with van der Waals surface area (Å²) in [6, 6.07) is 0. The summed E-state index contributed by atoms with van der Waals surface area (Å²) in [5.74, 6) is -6.91. The molecule has 0 nitrogen and oxygen atoms in total. The highest BCUT2D eigenvalue weighted by molar-refractivity contribution is 5.15. The van der Waals surface area contributed by atoms with E-state index in [0.29, 0.717) is 0 Å². The summed E-state index contributed by atoms with van der Waals surface area (Å²) in [4.78, 5) is 0. The number of hydrogen-bond donors (Lipinski definition) is 0. The van der Waals surface area contributed by atoms with E-state index in [1.54, 1.807) is 5.73 Å². The molecule has 0 aromatic carbocycles. The van der Waals surface area contributed by atoms with Gasteiger partial charge >= 0.3 is 12.1 Å². The molecule has 0 aliphatic heterocycles. The first-order chi connectivity index (χ1) is 5.70. The van der Waals surface area contributed by atoms with Crippen molar-refractivity contribution >= 4 is 0 Å². The zero-order valence-corrected chi connectivity index (χ0v) is 6.13. The van der Waals surface area contributed by atoms with E-state index >= 15 is 0 Å². The molecular formula is C7H4F6. The Morgan fingerprint density at radius 1 is 1.15 bits per heavy atom. The van der Waals surface area contributed by atoms with Crippen molar-refractivity contribution in [1.82, 2.24) is 0 Å². The summed E-state index contributed by atoms with van der Waals surface area (Å²) < 4.78 is 70.4. The summed E-state index contributed by atoms with van der Waals surface area (Å²) >= 11 is 0. The van der Waals surface area contributed by atoms with Crippen LogP contribution in [-0.4, -0.2) is 12.1 Å². The Morgan fingerprint density at radius 2 is 1.62 bits per heavy atom. The Labute approximate surface area is 69.9 Å². The van der Waals surface area contributed by atoms with Gasteiger partial charge < -0.3 is 0 Å². The molecule has 0 rings (SSSR count). The maximum Gasteiger partial charge on any atom is 0.457 e. The van der Waals surface area contributed by atoms with Gasteiger partial charge in [0, 0.05) is 12.2 Å². The van der Waals surface area contributed by atoms with Gasteiger partial charge in [0.2, 0.25) is 0 Å². The van der Waals surface area contributed by atoms with Crippen molar-refractivity contribution in [3.63, 3.8) is 0 Å². The lowest BCUT2D eigenvalue weighted by Gasteiger charge is -2.14. The second kappa shape index (κ2) is 3.70. The molecule has 0 heterocycles. The van der Waals surface area contributed by atoms with Gasteiger partial charge in [-0.3, -0.25) is 0 Å². The third-order valence-corrected chi connectivity index (χ3v) is 0.937. The lowest BCUT2D eigenvalue weighted by Crippen LogP contribution is -2.34. The van der Waals surface area contributed by atoms with E-state index in [9.17, 15) is 26.3 Å². The molecule has 13 heavy (non-hydrogen) atoms. The molecule has 0 N–H and O–H groups in total. The summed E-state index contributed by atoms with van der Waals surface area (Å²) in [7, 11) is 0. The standard InChI is InChI=1S/C7H4F6/c1-2-3-5(8)4-6(9,10)7(11,12)13/h3-4H,1H2. The fraction of sp³-hybridized carbons (Fsp3) is 0.286. The first-order valence-electron chi connectivity index (χ1n) is 2.89. The first kappa shape index (κ1) is 11.8. The van der Waals surface area contributed by atoms with Crippen LogP contribution in [0.3, 0.4) is 0 Å².